The third-order valence-electron chi connectivity index (χ3n) is 2.48. The van der Waals surface area contributed by atoms with E-state index in [-0.39, 0.29) is 0 Å². The Hall–Kier alpha value is -1.83. The zero-order valence-corrected chi connectivity index (χ0v) is 11.6. The number of allylic oxidation sites excluding steroid dienone is 2. The lowest BCUT2D eigenvalue weighted by Crippen LogP contribution is -2.15. The summed E-state index contributed by atoms with van der Waals surface area (Å²) >= 11 is 0. The normalized spacial score (nSPS) is 11.3. The molecule has 18 heavy (non-hydrogen) atoms. The van der Waals surface area contributed by atoms with E-state index in [1.165, 1.54) is 11.1 Å². The van der Waals surface area contributed by atoms with Crippen molar-refractivity contribution in [3.63, 3.8) is 0 Å². The summed E-state index contributed by atoms with van der Waals surface area (Å²) < 4.78 is 0. The van der Waals surface area contributed by atoms with E-state index in [0.717, 1.165) is 18.7 Å². The van der Waals surface area contributed by atoms with Crippen molar-refractivity contribution in [3.05, 3.63) is 59.8 Å². The molecule has 2 heteroatoms. The van der Waals surface area contributed by atoms with E-state index in [4.69, 9.17) is 0 Å². The maximum atomic E-state index is 4.30. The van der Waals surface area contributed by atoms with Crippen LogP contribution in [0.2, 0.25) is 0 Å². The summed E-state index contributed by atoms with van der Waals surface area (Å²) in [6.45, 7) is 8.93. The smallest absolute Gasteiger partial charge is 0.0912 e. The average Bonchev–Trinajstić information content (AvgIpc) is 2.34. The second-order valence-electron chi connectivity index (χ2n) is 4.45. The first-order valence-corrected chi connectivity index (χ1v) is 6.27. The van der Waals surface area contributed by atoms with Crippen molar-refractivity contribution in [1.82, 2.24) is 4.90 Å². The summed E-state index contributed by atoms with van der Waals surface area (Å²) in [5.74, 6) is 0. The van der Waals surface area contributed by atoms with Gasteiger partial charge in [0.15, 0.2) is 0 Å². The zero-order chi connectivity index (χ0) is 13.4. The highest BCUT2D eigenvalue weighted by molar-refractivity contribution is 5.57. The van der Waals surface area contributed by atoms with Gasteiger partial charge >= 0.3 is 0 Å². The molecule has 0 fully saturated rings. The van der Waals surface area contributed by atoms with Crippen LogP contribution >= 0.6 is 0 Å². The lowest BCUT2D eigenvalue weighted by atomic mass is 10.1. The third-order valence-corrected chi connectivity index (χ3v) is 2.48. The molecule has 0 unspecified atom stereocenters. The molecule has 0 aliphatic rings. The van der Waals surface area contributed by atoms with Gasteiger partial charge in [0.2, 0.25) is 0 Å². The van der Waals surface area contributed by atoms with Crippen molar-refractivity contribution < 1.29 is 0 Å². The van der Waals surface area contributed by atoms with E-state index in [2.05, 4.69) is 60.7 Å². The van der Waals surface area contributed by atoms with Gasteiger partial charge in [-0.3, -0.25) is 0 Å². The molecular formula is C16H22N2. The van der Waals surface area contributed by atoms with E-state index >= 15 is 0 Å². The fourth-order valence-electron chi connectivity index (χ4n) is 1.61. The van der Waals surface area contributed by atoms with Crippen molar-refractivity contribution in [2.45, 2.75) is 26.8 Å². The Morgan fingerprint density at radius 2 is 2.22 bits per heavy atom. The Morgan fingerprint density at radius 3 is 2.89 bits per heavy atom. The highest BCUT2D eigenvalue weighted by Crippen LogP contribution is 2.06. The number of aliphatic imine (C=N–C) groups is 1. The minimum absolute atomic E-state index is 0.785. The zero-order valence-electron chi connectivity index (χ0n) is 11.6. The van der Waals surface area contributed by atoms with Gasteiger partial charge in [0.1, 0.15) is 0 Å². The SMILES string of the molecule is C=C(/C=C/CC)/N=C\N(C)Cc1cccc(C)c1. The largest absolute Gasteiger partial charge is 0.361 e. The molecule has 0 aromatic heterocycles. The summed E-state index contributed by atoms with van der Waals surface area (Å²) in [4.78, 5) is 6.36. The first-order chi connectivity index (χ1) is 8.61. The van der Waals surface area contributed by atoms with Gasteiger partial charge in [0, 0.05) is 13.6 Å². The number of hydrogen-bond acceptors (Lipinski definition) is 1. The van der Waals surface area contributed by atoms with E-state index in [9.17, 15) is 0 Å². The number of aryl methyl sites for hydroxylation is 1. The fourth-order valence-corrected chi connectivity index (χ4v) is 1.61. The lowest BCUT2D eigenvalue weighted by Gasteiger charge is -2.13. The van der Waals surface area contributed by atoms with Crippen molar-refractivity contribution in [2.24, 2.45) is 4.99 Å². The highest BCUT2D eigenvalue weighted by atomic mass is 15.1. The molecule has 2 nitrogen and oxygen atoms in total. The Labute approximate surface area is 110 Å². The number of nitrogens with zero attached hydrogens (tertiary/aromatic N) is 2. The number of rotatable bonds is 6. The van der Waals surface area contributed by atoms with Crippen LogP contribution in [0.5, 0.6) is 0 Å². The molecule has 0 radical (unpaired) electrons. The van der Waals surface area contributed by atoms with Gasteiger partial charge in [0.05, 0.1) is 12.0 Å². The van der Waals surface area contributed by atoms with Crippen molar-refractivity contribution in [2.75, 3.05) is 7.05 Å². The molecule has 0 bridgehead atoms. The molecule has 0 saturated carbocycles. The van der Waals surface area contributed by atoms with Gasteiger partial charge < -0.3 is 4.90 Å². The average molecular weight is 242 g/mol. The minimum Gasteiger partial charge on any atom is -0.361 e. The highest BCUT2D eigenvalue weighted by Gasteiger charge is 1.96. The predicted octanol–water partition coefficient (Wildman–Crippen LogP) is 3.94. The number of benzene rings is 1. The van der Waals surface area contributed by atoms with E-state index in [1.54, 1.807) is 0 Å². The van der Waals surface area contributed by atoms with Crippen molar-refractivity contribution in [3.8, 4) is 0 Å². The summed E-state index contributed by atoms with van der Waals surface area (Å²) in [7, 11) is 2.02. The molecule has 1 rings (SSSR count). The first-order valence-electron chi connectivity index (χ1n) is 6.27. The van der Waals surface area contributed by atoms with Gasteiger partial charge in [-0.05, 0) is 25.0 Å². The standard InChI is InChI=1S/C16H22N2/c1-5-6-9-15(3)17-13-18(4)12-16-10-7-8-14(2)11-16/h6-11,13H,3,5,12H2,1-2,4H3/b9-6+,17-13-. The molecule has 0 saturated heterocycles. The molecule has 0 aliphatic heterocycles. The van der Waals surface area contributed by atoms with Crippen LogP contribution in [0.3, 0.4) is 0 Å². The second kappa shape index (κ2) is 7.49. The lowest BCUT2D eigenvalue weighted by molar-refractivity contribution is 0.515. The minimum atomic E-state index is 0.785. The summed E-state index contributed by atoms with van der Waals surface area (Å²) in [5.41, 5.74) is 3.36. The molecule has 1 aromatic rings. The molecule has 0 atom stereocenters. The Balaban J connectivity index is 2.51. The summed E-state index contributed by atoms with van der Waals surface area (Å²) in [5, 5.41) is 0. The first kappa shape index (κ1) is 14.2. The quantitative estimate of drug-likeness (QED) is 0.419. The van der Waals surface area contributed by atoms with Crippen LogP contribution in [0.1, 0.15) is 24.5 Å². The molecule has 96 valence electrons. The van der Waals surface area contributed by atoms with Gasteiger partial charge in [-0.1, -0.05) is 49.4 Å². The van der Waals surface area contributed by atoms with Crippen LogP contribution in [0.15, 0.2) is 53.7 Å². The van der Waals surface area contributed by atoms with Crippen LogP contribution in [-0.2, 0) is 6.54 Å². The molecule has 0 spiro atoms. The predicted molar refractivity (Wildman–Crippen MR) is 79.7 cm³/mol. The fraction of sp³-hybridized carbons (Fsp3) is 0.312. The molecule has 0 heterocycles. The summed E-state index contributed by atoms with van der Waals surface area (Å²) in [6.07, 6.45) is 6.83. The Kier molecular flexibility index (Phi) is 5.92. The number of hydrogen-bond donors (Lipinski definition) is 0. The maximum Gasteiger partial charge on any atom is 0.0912 e. The molecule has 1 aromatic carbocycles. The molecular weight excluding hydrogens is 220 g/mol. The van der Waals surface area contributed by atoms with Crippen LogP contribution in [-0.4, -0.2) is 18.3 Å². The van der Waals surface area contributed by atoms with Crippen molar-refractivity contribution >= 4 is 6.34 Å². The van der Waals surface area contributed by atoms with E-state index < -0.39 is 0 Å². The van der Waals surface area contributed by atoms with Crippen molar-refractivity contribution in [1.29, 1.82) is 0 Å². The van der Waals surface area contributed by atoms with E-state index in [0.29, 0.717) is 0 Å². The van der Waals surface area contributed by atoms with Crippen LogP contribution < -0.4 is 0 Å². The van der Waals surface area contributed by atoms with Crippen LogP contribution in [0, 0.1) is 6.92 Å². The van der Waals surface area contributed by atoms with Gasteiger partial charge in [-0.25, -0.2) is 4.99 Å². The van der Waals surface area contributed by atoms with E-state index in [1.807, 2.05) is 19.5 Å². The monoisotopic (exact) mass is 242 g/mol. The Bertz CT molecular complexity index is 444. The van der Waals surface area contributed by atoms with Gasteiger partial charge in [-0.2, -0.15) is 0 Å². The molecule has 0 amide bonds. The maximum absolute atomic E-state index is 4.30. The second-order valence-corrected chi connectivity index (χ2v) is 4.45. The van der Waals surface area contributed by atoms with Gasteiger partial charge in [-0.15, -0.1) is 0 Å². The molecule has 0 aliphatic carbocycles. The summed E-state index contributed by atoms with van der Waals surface area (Å²) in [6, 6.07) is 8.51. The van der Waals surface area contributed by atoms with Crippen LogP contribution in [0.4, 0.5) is 0 Å². The topological polar surface area (TPSA) is 15.6 Å². The molecule has 0 N–H and O–H groups in total. The van der Waals surface area contributed by atoms with Crippen LogP contribution in [0.25, 0.3) is 0 Å². The van der Waals surface area contributed by atoms with Gasteiger partial charge in [0.25, 0.3) is 0 Å². The Morgan fingerprint density at radius 1 is 1.44 bits per heavy atom. The third kappa shape index (κ3) is 5.48.